The van der Waals surface area contributed by atoms with Crippen LogP contribution in [-0.2, 0) is 0 Å². The minimum Gasteiger partial charge on any atom is -0.478 e. The zero-order chi connectivity index (χ0) is 28.7. The number of allylic oxidation sites excluding steroid dienone is 1. The number of hydrogen-bond acceptors (Lipinski definition) is 5. The lowest BCUT2D eigenvalue weighted by Gasteiger charge is -2.68. The Bertz CT molecular complexity index is 1420. The maximum Gasteiger partial charge on any atom is 0.339 e. The number of nitrogens with zero attached hydrogens (tertiary/aromatic N) is 2. The number of aromatic carboxylic acids is 1. The first-order chi connectivity index (χ1) is 18.9. The van der Waals surface area contributed by atoms with E-state index < -0.39 is 11.6 Å². The van der Waals surface area contributed by atoms with Crippen molar-refractivity contribution in [1.82, 2.24) is 14.9 Å². The van der Waals surface area contributed by atoms with Gasteiger partial charge in [0.25, 0.3) is 0 Å². The van der Waals surface area contributed by atoms with Crippen LogP contribution >= 0.6 is 0 Å². The number of ether oxygens (including phenoxy) is 1. The summed E-state index contributed by atoms with van der Waals surface area (Å²) in [4.78, 5) is 20.8. The van der Waals surface area contributed by atoms with Crippen LogP contribution in [0.2, 0.25) is 0 Å². The Morgan fingerprint density at radius 1 is 1.18 bits per heavy atom. The molecule has 7 nitrogen and oxygen atoms in total. The molecule has 3 aromatic rings. The number of nitrogen functional groups attached to an aromatic ring is 1. The van der Waals surface area contributed by atoms with Gasteiger partial charge in [-0.15, -0.1) is 0 Å². The number of carboxylic acids is 1. The second-order valence-corrected chi connectivity index (χ2v) is 12.6. The van der Waals surface area contributed by atoms with Gasteiger partial charge in [-0.1, -0.05) is 38.8 Å². The third kappa shape index (κ3) is 5.59. The summed E-state index contributed by atoms with van der Waals surface area (Å²) >= 11 is 0. The molecule has 214 valence electrons. The van der Waals surface area contributed by atoms with Gasteiger partial charge in [0.2, 0.25) is 0 Å². The van der Waals surface area contributed by atoms with Crippen molar-refractivity contribution in [3.63, 3.8) is 0 Å². The number of H-pyrrole nitrogens is 1. The van der Waals surface area contributed by atoms with Crippen molar-refractivity contribution in [1.29, 1.82) is 0 Å². The molecule has 0 unspecified atom stereocenters. The highest BCUT2D eigenvalue weighted by molar-refractivity contribution is 5.91. The molecule has 0 spiro atoms. The van der Waals surface area contributed by atoms with Crippen molar-refractivity contribution in [3.8, 4) is 11.5 Å². The number of carbonyl (C=O) groups is 1. The number of likely N-dealkylation sites (N-methyl/N-ethyl adjacent to an activating group) is 1. The van der Waals surface area contributed by atoms with Gasteiger partial charge in [0, 0.05) is 35.3 Å². The Morgan fingerprint density at radius 3 is 2.55 bits per heavy atom. The van der Waals surface area contributed by atoms with Gasteiger partial charge >= 0.3 is 5.97 Å². The standard InChI is InChI=1S/C18H30FN.C14H11N3O3/c1-5-20(6-2)10-14-7-8-16(3,4)9-15(14)17-11-18(19,12-17)13-17;15-9-1-2-11(14(18)19)12(6-9)20-10-5-8-3-4-16-13(8)17-7-10/h5-13H2,1-4H3;1-7H,15H2,(H,16,17)(H,18,19). The van der Waals surface area contributed by atoms with Crippen LogP contribution in [0.1, 0.15) is 76.6 Å². The number of pyridine rings is 1. The summed E-state index contributed by atoms with van der Waals surface area (Å²) < 4.78 is 19.5. The molecule has 3 fully saturated rings. The van der Waals surface area contributed by atoms with Crippen LogP contribution in [0.15, 0.2) is 53.9 Å². The molecular formula is C32H41FN4O3. The molecule has 2 aromatic heterocycles. The molecule has 0 aliphatic heterocycles. The highest BCUT2D eigenvalue weighted by Crippen LogP contribution is 2.74. The van der Waals surface area contributed by atoms with E-state index in [1.165, 1.54) is 43.7 Å². The molecule has 4 N–H and O–H groups in total. The first kappa shape index (κ1) is 28.1. The summed E-state index contributed by atoms with van der Waals surface area (Å²) in [5, 5.41) is 10.0. The van der Waals surface area contributed by atoms with Crippen molar-refractivity contribution in [2.75, 3.05) is 25.4 Å². The molecule has 8 heteroatoms. The summed E-state index contributed by atoms with van der Waals surface area (Å²) in [5.41, 5.74) is 10.1. The molecule has 40 heavy (non-hydrogen) atoms. The number of aromatic amines is 1. The summed E-state index contributed by atoms with van der Waals surface area (Å²) in [6, 6.07) is 8.03. The van der Waals surface area contributed by atoms with Crippen LogP contribution in [0.25, 0.3) is 11.0 Å². The maximum absolute atomic E-state index is 14.0. The number of rotatable bonds is 8. The van der Waals surface area contributed by atoms with E-state index in [9.17, 15) is 9.18 Å². The van der Waals surface area contributed by atoms with Crippen LogP contribution in [0.3, 0.4) is 0 Å². The van der Waals surface area contributed by atoms with Crippen LogP contribution < -0.4 is 10.5 Å². The molecule has 7 rings (SSSR count). The second-order valence-electron chi connectivity index (χ2n) is 12.6. The number of anilines is 1. The fraction of sp³-hybridized carbons (Fsp3) is 0.500. The van der Waals surface area contributed by atoms with E-state index in [-0.39, 0.29) is 16.7 Å². The van der Waals surface area contributed by atoms with Crippen LogP contribution in [-0.4, -0.2) is 51.2 Å². The molecule has 4 aliphatic rings. The topological polar surface area (TPSA) is 104 Å². The fourth-order valence-electron chi connectivity index (χ4n) is 6.67. The largest absolute Gasteiger partial charge is 0.478 e. The zero-order valence-electron chi connectivity index (χ0n) is 24.0. The van der Waals surface area contributed by atoms with E-state index in [0.29, 0.717) is 16.9 Å². The predicted molar refractivity (Wildman–Crippen MR) is 157 cm³/mol. The quantitative estimate of drug-likeness (QED) is 0.201. The highest BCUT2D eigenvalue weighted by Gasteiger charge is 2.70. The SMILES string of the molecule is CCN(CC)CC1=C(C23CC(F)(C2)C3)CC(C)(C)CC1.Nc1ccc(C(=O)O)c(Oc2cnc3[nH]ccc3c2)c1. The smallest absolute Gasteiger partial charge is 0.339 e. The Balaban J connectivity index is 0.000000161. The van der Waals surface area contributed by atoms with E-state index in [1.807, 2.05) is 6.07 Å². The van der Waals surface area contributed by atoms with Crippen molar-refractivity contribution in [3.05, 3.63) is 59.4 Å². The number of aromatic nitrogens is 2. The predicted octanol–water partition coefficient (Wildman–Crippen LogP) is 7.36. The van der Waals surface area contributed by atoms with Gasteiger partial charge in [-0.3, -0.25) is 4.90 Å². The van der Waals surface area contributed by atoms with Crippen molar-refractivity contribution >= 4 is 22.7 Å². The molecule has 0 amide bonds. The Hall–Kier alpha value is -3.39. The summed E-state index contributed by atoms with van der Waals surface area (Å²) in [5.74, 6) is -0.435. The number of carboxylic acid groups (broad SMARTS) is 1. The molecule has 4 aliphatic carbocycles. The van der Waals surface area contributed by atoms with Gasteiger partial charge in [0.1, 0.15) is 28.4 Å². The van der Waals surface area contributed by atoms with Crippen molar-refractivity contribution < 1.29 is 19.0 Å². The molecule has 0 atom stereocenters. The van der Waals surface area contributed by atoms with E-state index in [1.54, 1.807) is 23.4 Å². The number of alkyl halides is 1. The van der Waals surface area contributed by atoms with Gasteiger partial charge in [0.15, 0.2) is 0 Å². The molecule has 2 bridgehead atoms. The molecule has 0 saturated heterocycles. The number of halogens is 1. The van der Waals surface area contributed by atoms with Gasteiger partial charge in [-0.2, -0.15) is 0 Å². The highest BCUT2D eigenvalue weighted by atomic mass is 19.1. The van der Waals surface area contributed by atoms with E-state index in [4.69, 9.17) is 15.6 Å². The third-order valence-electron chi connectivity index (χ3n) is 8.94. The van der Waals surface area contributed by atoms with Gasteiger partial charge < -0.3 is 20.6 Å². The maximum atomic E-state index is 14.0. The van der Waals surface area contributed by atoms with Crippen molar-refractivity contribution in [2.24, 2.45) is 10.8 Å². The van der Waals surface area contributed by atoms with Crippen LogP contribution in [0, 0.1) is 10.8 Å². The minimum atomic E-state index is -1.07. The van der Waals surface area contributed by atoms with E-state index in [0.717, 1.165) is 49.9 Å². The van der Waals surface area contributed by atoms with Gasteiger partial charge in [-0.25, -0.2) is 14.2 Å². The van der Waals surface area contributed by atoms with Crippen LogP contribution in [0.5, 0.6) is 11.5 Å². The zero-order valence-corrected chi connectivity index (χ0v) is 24.0. The minimum absolute atomic E-state index is 0.0494. The van der Waals surface area contributed by atoms with Crippen molar-refractivity contribution in [2.45, 2.75) is 71.9 Å². The Labute approximate surface area is 235 Å². The molecule has 1 aromatic carbocycles. The van der Waals surface area contributed by atoms with E-state index in [2.05, 4.69) is 42.6 Å². The lowest BCUT2D eigenvalue weighted by molar-refractivity contribution is -0.193. The lowest BCUT2D eigenvalue weighted by atomic mass is 9.38. The second kappa shape index (κ2) is 10.5. The molecule has 0 radical (unpaired) electrons. The van der Waals surface area contributed by atoms with Gasteiger partial charge in [0.05, 0.1) is 6.20 Å². The number of nitrogens with one attached hydrogen (secondary N) is 1. The Morgan fingerprint density at radius 2 is 1.90 bits per heavy atom. The lowest BCUT2D eigenvalue weighted by Crippen LogP contribution is -2.65. The van der Waals surface area contributed by atoms with E-state index >= 15 is 0 Å². The molecule has 3 saturated carbocycles. The monoisotopic (exact) mass is 548 g/mol. The first-order valence-electron chi connectivity index (χ1n) is 14.3. The Kier molecular flexibility index (Phi) is 7.42. The number of fused-ring (bicyclic) bond motifs is 1. The first-order valence-corrected chi connectivity index (χ1v) is 14.3. The van der Waals surface area contributed by atoms with Crippen LogP contribution in [0.4, 0.5) is 10.1 Å². The summed E-state index contributed by atoms with van der Waals surface area (Å²) in [6.45, 7) is 12.6. The normalized spacial score (nSPS) is 24.6. The average Bonchev–Trinajstić information content (AvgIpc) is 3.33. The fourth-order valence-corrected chi connectivity index (χ4v) is 6.67. The number of benzene rings is 1. The van der Waals surface area contributed by atoms with Gasteiger partial charge in [-0.05, 0) is 81.3 Å². The average molecular weight is 549 g/mol. The molecular weight excluding hydrogens is 507 g/mol. The molecule has 2 heterocycles. The number of hydrogen-bond donors (Lipinski definition) is 3. The third-order valence-corrected chi connectivity index (χ3v) is 8.94. The summed E-state index contributed by atoms with van der Waals surface area (Å²) in [6.07, 6.45) is 9.51. The summed E-state index contributed by atoms with van der Waals surface area (Å²) in [7, 11) is 0. The number of nitrogens with two attached hydrogens (primary N) is 1.